The third-order valence-corrected chi connectivity index (χ3v) is 9.62. The largest absolute Gasteiger partial charge is 0.455 e. The van der Waals surface area contributed by atoms with E-state index >= 15 is 0 Å². The molecule has 43 heavy (non-hydrogen) atoms. The quantitative estimate of drug-likeness (QED) is 0.210. The van der Waals surface area contributed by atoms with Crippen LogP contribution in [0.5, 0.6) is 0 Å². The fraction of sp³-hybridized carbons (Fsp3) is 0. The van der Waals surface area contributed by atoms with Gasteiger partial charge in [0.05, 0.1) is 10.4 Å². The molecule has 9 aromatic rings. The van der Waals surface area contributed by atoms with Gasteiger partial charge in [-0.15, -0.1) is 11.3 Å². The lowest BCUT2D eigenvalue weighted by molar-refractivity contribution is 0.673. The predicted octanol–water partition coefficient (Wildman–Crippen LogP) is 12.2. The number of furan rings is 1. The number of hydrogen-bond acceptors (Lipinski definition) is 3. The van der Waals surface area contributed by atoms with Crippen LogP contribution in [0.4, 0.5) is 17.1 Å². The summed E-state index contributed by atoms with van der Waals surface area (Å²) in [6.07, 6.45) is 0. The second kappa shape index (κ2) is 9.59. The molecule has 0 aliphatic rings. The molecule has 3 heteroatoms. The van der Waals surface area contributed by atoms with E-state index < -0.39 is 0 Å². The Hall–Kier alpha value is -5.38. The standard InChI is InChI=1S/C40H25NOS/c1-3-13-26(14-4-1)41(27-15-5-2-6-16-27)35-24-23-29(28-17-7-8-18-30(28)35)33-25-34-31-19-9-11-21-36(31)42-39(34)40-38(33)32-20-10-12-22-37(32)43-40/h1-25H. The van der Waals surface area contributed by atoms with Crippen LogP contribution in [-0.2, 0) is 0 Å². The Morgan fingerprint density at radius 1 is 0.465 bits per heavy atom. The molecule has 2 heterocycles. The lowest BCUT2D eigenvalue weighted by Crippen LogP contribution is -2.10. The van der Waals surface area contributed by atoms with Gasteiger partial charge >= 0.3 is 0 Å². The van der Waals surface area contributed by atoms with Gasteiger partial charge in [-0.1, -0.05) is 103 Å². The zero-order chi connectivity index (χ0) is 28.3. The first-order valence-electron chi connectivity index (χ1n) is 14.5. The van der Waals surface area contributed by atoms with Crippen molar-refractivity contribution in [2.45, 2.75) is 0 Å². The van der Waals surface area contributed by atoms with Crippen LogP contribution in [0.15, 0.2) is 156 Å². The number of thiophene rings is 1. The maximum atomic E-state index is 6.53. The van der Waals surface area contributed by atoms with Crippen molar-refractivity contribution in [1.29, 1.82) is 0 Å². The molecule has 0 atom stereocenters. The summed E-state index contributed by atoms with van der Waals surface area (Å²) in [6, 6.07) is 54.1. The van der Waals surface area contributed by atoms with Crippen molar-refractivity contribution in [3.8, 4) is 11.1 Å². The van der Waals surface area contributed by atoms with Gasteiger partial charge in [0.2, 0.25) is 0 Å². The van der Waals surface area contributed by atoms with Gasteiger partial charge in [0, 0.05) is 43.0 Å². The molecule has 202 valence electrons. The number of anilines is 3. The number of rotatable bonds is 4. The molecule has 0 aliphatic carbocycles. The van der Waals surface area contributed by atoms with Crippen molar-refractivity contribution in [2.24, 2.45) is 0 Å². The smallest absolute Gasteiger partial charge is 0.153 e. The lowest BCUT2D eigenvalue weighted by atomic mass is 9.92. The number of benzene rings is 7. The van der Waals surface area contributed by atoms with Gasteiger partial charge in [-0.2, -0.15) is 0 Å². The molecule has 0 fully saturated rings. The van der Waals surface area contributed by atoms with Gasteiger partial charge in [0.25, 0.3) is 0 Å². The van der Waals surface area contributed by atoms with E-state index in [1.54, 1.807) is 0 Å². The summed E-state index contributed by atoms with van der Waals surface area (Å²) in [4.78, 5) is 2.36. The van der Waals surface area contributed by atoms with Gasteiger partial charge in [0.15, 0.2) is 5.58 Å². The topological polar surface area (TPSA) is 16.4 Å². The maximum Gasteiger partial charge on any atom is 0.153 e. The highest BCUT2D eigenvalue weighted by molar-refractivity contribution is 7.26. The average Bonchev–Trinajstić information content (AvgIpc) is 3.65. The van der Waals surface area contributed by atoms with Crippen LogP contribution in [0, 0.1) is 0 Å². The van der Waals surface area contributed by atoms with Crippen LogP contribution in [0.1, 0.15) is 0 Å². The lowest BCUT2D eigenvalue weighted by Gasteiger charge is -2.27. The molecule has 0 aliphatic heterocycles. The Balaban J connectivity index is 1.38. The molecule has 0 N–H and O–H groups in total. The summed E-state index contributed by atoms with van der Waals surface area (Å²) >= 11 is 1.82. The van der Waals surface area contributed by atoms with Gasteiger partial charge in [-0.3, -0.25) is 0 Å². The van der Waals surface area contributed by atoms with E-state index in [1.165, 1.54) is 42.1 Å². The van der Waals surface area contributed by atoms with Gasteiger partial charge in [-0.25, -0.2) is 0 Å². The third kappa shape index (κ3) is 3.72. The van der Waals surface area contributed by atoms with Gasteiger partial charge in [0.1, 0.15) is 5.58 Å². The van der Waals surface area contributed by atoms with Gasteiger partial charge < -0.3 is 9.32 Å². The Bertz CT molecular complexity index is 2420. The zero-order valence-electron chi connectivity index (χ0n) is 23.2. The molecule has 0 bridgehead atoms. The normalized spacial score (nSPS) is 11.7. The van der Waals surface area contributed by atoms with Crippen molar-refractivity contribution < 1.29 is 4.42 Å². The molecule has 0 saturated heterocycles. The second-order valence-corrected chi connectivity index (χ2v) is 11.9. The third-order valence-electron chi connectivity index (χ3n) is 8.45. The van der Waals surface area contributed by atoms with Crippen molar-refractivity contribution >= 4 is 81.3 Å². The summed E-state index contributed by atoms with van der Waals surface area (Å²) in [5.41, 5.74) is 7.77. The number of hydrogen-bond donors (Lipinski definition) is 0. The van der Waals surface area contributed by atoms with Crippen molar-refractivity contribution in [3.63, 3.8) is 0 Å². The molecule has 2 nitrogen and oxygen atoms in total. The van der Waals surface area contributed by atoms with E-state index in [9.17, 15) is 0 Å². The Morgan fingerprint density at radius 2 is 1.07 bits per heavy atom. The monoisotopic (exact) mass is 567 g/mol. The minimum Gasteiger partial charge on any atom is -0.455 e. The molecule has 0 saturated carbocycles. The number of fused-ring (bicyclic) bond motifs is 8. The summed E-state index contributed by atoms with van der Waals surface area (Å²) in [7, 11) is 0. The van der Waals surface area contributed by atoms with Crippen LogP contribution < -0.4 is 4.90 Å². The minimum absolute atomic E-state index is 0.926. The molecule has 7 aromatic carbocycles. The van der Waals surface area contributed by atoms with E-state index in [1.807, 2.05) is 17.4 Å². The van der Waals surface area contributed by atoms with Crippen LogP contribution in [0.3, 0.4) is 0 Å². The minimum atomic E-state index is 0.926. The fourth-order valence-corrected chi connectivity index (χ4v) is 7.79. The SMILES string of the molecule is c1ccc(N(c2ccccc2)c2ccc(-c3cc4c5ccccc5oc4c4sc5ccccc5c34)c3ccccc23)cc1. The van der Waals surface area contributed by atoms with Crippen molar-refractivity contribution in [1.82, 2.24) is 0 Å². The van der Waals surface area contributed by atoms with E-state index in [-0.39, 0.29) is 0 Å². The van der Waals surface area contributed by atoms with E-state index in [4.69, 9.17) is 4.42 Å². The number of para-hydroxylation sites is 3. The predicted molar refractivity (Wildman–Crippen MR) is 184 cm³/mol. The highest BCUT2D eigenvalue weighted by Gasteiger charge is 2.22. The molecule has 0 radical (unpaired) electrons. The molecule has 2 aromatic heterocycles. The Labute approximate surface area is 252 Å². The molecule has 0 amide bonds. The summed E-state index contributed by atoms with van der Waals surface area (Å²) in [5, 5.41) is 7.26. The van der Waals surface area contributed by atoms with E-state index in [0.717, 1.165) is 39.0 Å². The first-order chi connectivity index (χ1) is 21.3. The van der Waals surface area contributed by atoms with Crippen LogP contribution >= 0.6 is 11.3 Å². The average molecular weight is 568 g/mol. The maximum absolute atomic E-state index is 6.53. The van der Waals surface area contributed by atoms with E-state index in [0.29, 0.717) is 0 Å². The molecular formula is C40H25NOS. The highest BCUT2D eigenvalue weighted by atomic mass is 32.1. The van der Waals surface area contributed by atoms with Gasteiger partial charge in [-0.05, 0) is 65.0 Å². The number of nitrogens with zero attached hydrogens (tertiary/aromatic N) is 1. The fourth-order valence-electron chi connectivity index (χ4n) is 6.57. The first-order valence-corrected chi connectivity index (χ1v) is 15.3. The van der Waals surface area contributed by atoms with E-state index in [2.05, 4.69) is 150 Å². The zero-order valence-corrected chi connectivity index (χ0v) is 24.0. The molecule has 0 spiro atoms. The van der Waals surface area contributed by atoms with Crippen molar-refractivity contribution in [3.05, 3.63) is 152 Å². The molecule has 9 rings (SSSR count). The Kier molecular flexibility index (Phi) is 5.40. The summed E-state index contributed by atoms with van der Waals surface area (Å²) < 4.78 is 9.00. The molecular weight excluding hydrogens is 543 g/mol. The summed E-state index contributed by atoms with van der Waals surface area (Å²) in [5.74, 6) is 0. The van der Waals surface area contributed by atoms with Crippen LogP contribution in [0.25, 0.3) is 64.0 Å². The highest BCUT2D eigenvalue weighted by Crippen LogP contribution is 2.49. The van der Waals surface area contributed by atoms with Crippen LogP contribution in [-0.4, -0.2) is 0 Å². The Morgan fingerprint density at radius 3 is 1.81 bits per heavy atom. The molecule has 0 unspecified atom stereocenters. The first kappa shape index (κ1) is 24.2. The second-order valence-electron chi connectivity index (χ2n) is 10.9. The summed E-state index contributed by atoms with van der Waals surface area (Å²) in [6.45, 7) is 0. The van der Waals surface area contributed by atoms with Crippen molar-refractivity contribution in [2.75, 3.05) is 4.90 Å². The van der Waals surface area contributed by atoms with Crippen LogP contribution in [0.2, 0.25) is 0 Å².